The molecule has 0 aliphatic rings. The molecule has 0 amide bonds. The molecule has 0 fully saturated rings. The first-order valence-corrected chi connectivity index (χ1v) is 10.5. The van der Waals surface area contributed by atoms with E-state index in [1.807, 2.05) is 24.3 Å². The molecule has 32 heavy (non-hydrogen) atoms. The maximum atomic E-state index is 12.8. The predicted octanol–water partition coefficient (Wildman–Crippen LogP) is 2.22. The lowest BCUT2D eigenvalue weighted by atomic mass is 10.1. The molecule has 0 atom stereocenters. The van der Waals surface area contributed by atoms with E-state index in [1.54, 1.807) is 13.0 Å². The smallest absolute Gasteiger partial charge is 0.326 e. The number of para-hydroxylation sites is 1. The summed E-state index contributed by atoms with van der Waals surface area (Å²) in [4.78, 5) is 38.2. The van der Waals surface area contributed by atoms with E-state index in [4.69, 9.17) is 20.9 Å². The largest absolute Gasteiger partial charge is 0.488 e. The summed E-state index contributed by atoms with van der Waals surface area (Å²) in [6.45, 7) is 1.92. The summed E-state index contributed by atoms with van der Waals surface area (Å²) >= 11 is 1.36. The monoisotopic (exact) mass is 452 g/mol. The van der Waals surface area contributed by atoms with Gasteiger partial charge in [0.2, 0.25) is 5.95 Å². The van der Waals surface area contributed by atoms with Gasteiger partial charge in [0.25, 0.3) is 5.56 Å². The number of hydrogen-bond donors (Lipinski definition) is 2. The third-order valence-corrected chi connectivity index (χ3v) is 5.65. The summed E-state index contributed by atoms with van der Waals surface area (Å²) in [5.41, 5.74) is 12.5. The Bertz CT molecular complexity index is 1350. The zero-order chi connectivity index (χ0) is 22.7. The maximum Gasteiger partial charge on any atom is 0.326 e. The van der Waals surface area contributed by atoms with Crippen molar-refractivity contribution in [1.29, 1.82) is 0 Å². The number of hydrogen-bond acceptors (Lipinski definition) is 10. The van der Waals surface area contributed by atoms with Gasteiger partial charge in [-0.15, -0.1) is 11.3 Å². The van der Waals surface area contributed by atoms with Crippen LogP contribution in [-0.2, 0) is 22.7 Å². The molecule has 0 unspecified atom stereocenters. The highest BCUT2D eigenvalue weighted by atomic mass is 32.1. The van der Waals surface area contributed by atoms with E-state index < -0.39 is 5.97 Å². The third kappa shape index (κ3) is 4.37. The van der Waals surface area contributed by atoms with E-state index in [2.05, 4.69) is 15.0 Å². The Morgan fingerprint density at radius 1 is 1.22 bits per heavy atom. The molecule has 164 valence electrons. The van der Waals surface area contributed by atoms with Crippen molar-refractivity contribution in [3.05, 3.63) is 58.8 Å². The van der Waals surface area contributed by atoms with E-state index in [-0.39, 0.29) is 37.1 Å². The summed E-state index contributed by atoms with van der Waals surface area (Å²) in [5.74, 6) is 0.458. The second-order valence-electron chi connectivity index (χ2n) is 6.74. The van der Waals surface area contributed by atoms with Crippen LogP contribution < -0.4 is 21.8 Å². The zero-order valence-electron chi connectivity index (χ0n) is 17.1. The first kappa shape index (κ1) is 21.2. The number of benzene rings is 1. The molecular weight excluding hydrogens is 432 g/mol. The molecule has 4 rings (SSSR count). The fraction of sp³-hybridized carbons (Fsp3) is 0.190. The van der Waals surface area contributed by atoms with Gasteiger partial charge in [-0.05, 0) is 25.1 Å². The van der Waals surface area contributed by atoms with E-state index in [1.165, 1.54) is 28.4 Å². The first-order chi connectivity index (χ1) is 15.5. The van der Waals surface area contributed by atoms with Crippen LogP contribution in [0.2, 0.25) is 0 Å². The Kier molecular flexibility index (Phi) is 5.99. The quantitative estimate of drug-likeness (QED) is 0.403. The van der Waals surface area contributed by atoms with Gasteiger partial charge in [0, 0.05) is 16.6 Å². The number of esters is 1. The molecule has 4 aromatic rings. The van der Waals surface area contributed by atoms with Crippen molar-refractivity contribution < 1.29 is 14.3 Å². The minimum absolute atomic E-state index is 0.0954. The Hall–Kier alpha value is -3.99. The van der Waals surface area contributed by atoms with Crippen molar-refractivity contribution in [3.8, 4) is 16.2 Å². The van der Waals surface area contributed by atoms with E-state index in [0.29, 0.717) is 21.5 Å². The van der Waals surface area contributed by atoms with Crippen LogP contribution in [0.3, 0.4) is 0 Å². The van der Waals surface area contributed by atoms with E-state index >= 15 is 0 Å². The van der Waals surface area contributed by atoms with Crippen molar-refractivity contribution >= 4 is 39.3 Å². The molecule has 0 saturated carbocycles. The molecule has 10 nitrogen and oxygen atoms in total. The van der Waals surface area contributed by atoms with Gasteiger partial charge in [-0.1, -0.05) is 12.1 Å². The topological polar surface area (TPSA) is 148 Å². The van der Waals surface area contributed by atoms with Gasteiger partial charge in [-0.2, -0.15) is 4.98 Å². The minimum Gasteiger partial charge on any atom is -0.488 e. The summed E-state index contributed by atoms with van der Waals surface area (Å²) in [7, 11) is 0. The average molecular weight is 452 g/mol. The van der Waals surface area contributed by atoms with Crippen LogP contribution in [0.5, 0.6) is 5.75 Å². The molecule has 3 heterocycles. The molecule has 0 aliphatic carbocycles. The van der Waals surface area contributed by atoms with Gasteiger partial charge in [0.1, 0.15) is 29.5 Å². The lowest BCUT2D eigenvalue weighted by Crippen LogP contribution is -2.25. The van der Waals surface area contributed by atoms with Crippen molar-refractivity contribution in [3.63, 3.8) is 0 Å². The van der Waals surface area contributed by atoms with Gasteiger partial charge < -0.3 is 20.9 Å². The molecule has 11 heteroatoms. The number of carbonyl (C=O) groups is 1. The van der Waals surface area contributed by atoms with E-state index in [0.717, 1.165) is 10.4 Å². The SMILES string of the molecule is CCOC(=O)Cn1cnc2sc(-c3ccccc3OCc3cnc(N)nc3N)cc2c1=O. The van der Waals surface area contributed by atoms with Gasteiger partial charge in [-0.25, -0.2) is 9.97 Å². The first-order valence-electron chi connectivity index (χ1n) is 9.70. The van der Waals surface area contributed by atoms with Crippen LogP contribution in [0.25, 0.3) is 20.7 Å². The van der Waals surface area contributed by atoms with Crippen LogP contribution in [0, 0.1) is 0 Å². The lowest BCUT2D eigenvalue weighted by Gasteiger charge is -2.11. The van der Waals surface area contributed by atoms with Crippen LogP contribution in [0.1, 0.15) is 12.5 Å². The molecule has 0 spiro atoms. The Labute approximate surface area is 186 Å². The highest BCUT2D eigenvalue weighted by molar-refractivity contribution is 7.21. The maximum absolute atomic E-state index is 12.8. The van der Waals surface area contributed by atoms with Gasteiger partial charge >= 0.3 is 5.97 Å². The fourth-order valence-electron chi connectivity index (χ4n) is 3.05. The number of thiophene rings is 1. The van der Waals surface area contributed by atoms with Crippen LogP contribution in [0.4, 0.5) is 11.8 Å². The minimum atomic E-state index is -0.490. The number of fused-ring (bicyclic) bond motifs is 1. The van der Waals surface area contributed by atoms with Gasteiger partial charge in [-0.3, -0.25) is 14.2 Å². The second-order valence-corrected chi connectivity index (χ2v) is 7.77. The third-order valence-electron chi connectivity index (χ3n) is 4.58. The molecule has 0 bridgehead atoms. The van der Waals surface area contributed by atoms with Crippen molar-refractivity contribution in [1.82, 2.24) is 19.5 Å². The summed E-state index contributed by atoms with van der Waals surface area (Å²) in [6, 6.07) is 9.18. The number of carbonyl (C=O) groups excluding carboxylic acids is 1. The predicted molar refractivity (Wildman–Crippen MR) is 121 cm³/mol. The average Bonchev–Trinajstić information content (AvgIpc) is 3.21. The number of nitrogen functional groups attached to an aromatic ring is 2. The number of ether oxygens (including phenoxy) is 2. The van der Waals surface area contributed by atoms with Crippen LogP contribution in [0.15, 0.2) is 47.7 Å². The van der Waals surface area contributed by atoms with Crippen molar-refractivity contribution in [2.75, 3.05) is 18.1 Å². The highest BCUT2D eigenvalue weighted by Gasteiger charge is 2.15. The number of anilines is 2. The van der Waals surface area contributed by atoms with Crippen LogP contribution >= 0.6 is 11.3 Å². The number of nitrogens with zero attached hydrogens (tertiary/aromatic N) is 4. The number of rotatable bonds is 7. The number of aromatic nitrogens is 4. The summed E-state index contributed by atoms with van der Waals surface area (Å²) in [6.07, 6.45) is 2.88. The molecular formula is C21H20N6O4S. The standard InChI is InChI=1S/C21H20N6O4S/c1-2-30-17(28)9-27-11-25-19-14(20(27)29)7-16(32-19)13-5-3-4-6-15(13)31-10-12-8-24-21(23)26-18(12)22/h3-8,11H,2,9-10H2,1H3,(H4,22,23,24,26). The summed E-state index contributed by atoms with van der Waals surface area (Å²) < 4.78 is 12.1. The Balaban J connectivity index is 1.64. The Morgan fingerprint density at radius 2 is 2.03 bits per heavy atom. The summed E-state index contributed by atoms with van der Waals surface area (Å²) in [5, 5.41) is 0.419. The van der Waals surface area contributed by atoms with Gasteiger partial charge in [0.05, 0.1) is 23.9 Å². The molecule has 3 aromatic heterocycles. The fourth-order valence-corrected chi connectivity index (χ4v) is 4.07. The Morgan fingerprint density at radius 3 is 2.81 bits per heavy atom. The molecule has 0 radical (unpaired) electrons. The molecule has 0 saturated heterocycles. The van der Waals surface area contributed by atoms with Crippen molar-refractivity contribution in [2.24, 2.45) is 0 Å². The van der Waals surface area contributed by atoms with E-state index in [9.17, 15) is 9.59 Å². The number of nitrogens with two attached hydrogens (primary N) is 2. The van der Waals surface area contributed by atoms with Crippen LogP contribution in [-0.4, -0.2) is 32.1 Å². The van der Waals surface area contributed by atoms with Crippen molar-refractivity contribution in [2.45, 2.75) is 20.1 Å². The molecule has 0 aliphatic heterocycles. The molecule has 4 N–H and O–H groups in total. The second kappa shape index (κ2) is 9.02. The normalized spacial score (nSPS) is 10.9. The van der Waals surface area contributed by atoms with Gasteiger partial charge in [0.15, 0.2) is 0 Å². The lowest BCUT2D eigenvalue weighted by molar-refractivity contribution is -0.143. The zero-order valence-corrected chi connectivity index (χ0v) is 18.0. The highest BCUT2D eigenvalue weighted by Crippen LogP contribution is 2.37. The molecule has 1 aromatic carbocycles.